The number of carbonyl (C=O) groups excluding carboxylic acids is 1. The summed E-state index contributed by atoms with van der Waals surface area (Å²) in [5, 5.41) is 0. The molecule has 11 nitrogen and oxygen atoms in total. The minimum absolute atomic E-state index is 0.0708. The van der Waals surface area contributed by atoms with Gasteiger partial charge in [0.15, 0.2) is 0 Å². The molecule has 0 saturated heterocycles. The van der Waals surface area contributed by atoms with Gasteiger partial charge >= 0.3 is 0 Å². The zero-order valence-corrected chi connectivity index (χ0v) is 19.6. The first-order valence-electron chi connectivity index (χ1n) is 11.1. The van der Waals surface area contributed by atoms with Crippen LogP contribution in [0.15, 0.2) is 0 Å². The molecular formula is C21H44N2O9. The van der Waals surface area contributed by atoms with Crippen LogP contribution in [0.25, 0.3) is 0 Å². The molecule has 32 heavy (non-hydrogen) atoms. The van der Waals surface area contributed by atoms with Crippen LogP contribution in [0, 0.1) is 5.41 Å². The molecule has 0 saturated carbocycles. The predicted octanol–water partition coefficient (Wildman–Crippen LogP) is -0.758. The Morgan fingerprint density at radius 1 is 0.531 bits per heavy atom. The molecule has 0 aliphatic rings. The van der Waals surface area contributed by atoms with E-state index in [1.54, 1.807) is 0 Å². The van der Waals surface area contributed by atoms with Crippen LogP contribution in [0.3, 0.4) is 0 Å². The number of aldehydes is 1. The minimum atomic E-state index is -0.348. The summed E-state index contributed by atoms with van der Waals surface area (Å²) in [6.07, 6.45) is 0.713. The molecule has 0 aromatic heterocycles. The van der Waals surface area contributed by atoms with Crippen LogP contribution in [-0.2, 0) is 42.7 Å². The topological polar surface area (TPSA) is 143 Å². The lowest BCUT2D eigenvalue weighted by Crippen LogP contribution is -2.35. The number of carbonyl (C=O) groups is 1. The van der Waals surface area contributed by atoms with Gasteiger partial charge in [-0.3, -0.25) is 0 Å². The normalized spacial score (nSPS) is 11.8. The van der Waals surface area contributed by atoms with Gasteiger partial charge in [-0.25, -0.2) is 0 Å². The average Bonchev–Trinajstić information content (AvgIpc) is 2.79. The highest BCUT2D eigenvalue weighted by Crippen LogP contribution is 2.18. The Morgan fingerprint density at radius 2 is 0.844 bits per heavy atom. The molecule has 0 fully saturated rings. The fraction of sp³-hybridized carbons (Fsp3) is 0.952. The second-order valence-electron chi connectivity index (χ2n) is 7.24. The molecule has 0 amide bonds. The van der Waals surface area contributed by atoms with E-state index >= 15 is 0 Å². The van der Waals surface area contributed by atoms with E-state index in [-0.39, 0.29) is 12.0 Å². The van der Waals surface area contributed by atoms with Crippen molar-refractivity contribution in [3.05, 3.63) is 0 Å². The van der Waals surface area contributed by atoms with Gasteiger partial charge in [0, 0.05) is 18.5 Å². The average molecular weight is 469 g/mol. The maximum Gasteiger partial charge on any atom is 0.145 e. The summed E-state index contributed by atoms with van der Waals surface area (Å²) in [5.74, 6) is 0. The van der Waals surface area contributed by atoms with Crippen molar-refractivity contribution in [3.63, 3.8) is 0 Å². The fourth-order valence-electron chi connectivity index (χ4n) is 2.38. The zero-order valence-electron chi connectivity index (χ0n) is 19.6. The molecule has 0 spiro atoms. The van der Waals surface area contributed by atoms with Gasteiger partial charge in [-0.05, 0) is 0 Å². The third-order valence-electron chi connectivity index (χ3n) is 3.92. The highest BCUT2D eigenvalue weighted by atomic mass is 16.6. The molecule has 0 radical (unpaired) electrons. The Kier molecular flexibility index (Phi) is 24.3. The van der Waals surface area contributed by atoms with Crippen molar-refractivity contribution in [2.75, 3.05) is 119 Å². The van der Waals surface area contributed by atoms with Crippen LogP contribution in [0.1, 0.15) is 6.92 Å². The molecule has 192 valence electrons. The van der Waals surface area contributed by atoms with Crippen molar-refractivity contribution in [2.45, 2.75) is 6.92 Å². The molecule has 0 aromatic carbocycles. The van der Waals surface area contributed by atoms with Crippen molar-refractivity contribution in [3.8, 4) is 0 Å². The SMILES string of the molecule is CC(COCCOCC=O)(COCCOCCOCCN)COCCOCCOCCN. The second-order valence-corrected chi connectivity index (χ2v) is 7.24. The van der Waals surface area contributed by atoms with Crippen LogP contribution < -0.4 is 11.5 Å². The largest absolute Gasteiger partial charge is 0.378 e. The van der Waals surface area contributed by atoms with E-state index in [4.69, 9.17) is 49.4 Å². The molecule has 0 aromatic rings. The highest BCUT2D eigenvalue weighted by molar-refractivity contribution is 5.50. The minimum Gasteiger partial charge on any atom is -0.378 e. The lowest BCUT2D eigenvalue weighted by molar-refractivity contribution is -0.113. The van der Waals surface area contributed by atoms with Gasteiger partial charge in [-0.15, -0.1) is 0 Å². The van der Waals surface area contributed by atoms with E-state index in [1.165, 1.54) is 0 Å². The molecule has 4 N–H and O–H groups in total. The second kappa shape index (κ2) is 24.9. The number of hydrogen-bond donors (Lipinski definition) is 2. The van der Waals surface area contributed by atoms with Gasteiger partial charge in [-0.2, -0.15) is 0 Å². The van der Waals surface area contributed by atoms with Crippen molar-refractivity contribution in [1.29, 1.82) is 0 Å². The Hall–Kier alpha value is -0.730. The number of nitrogens with two attached hydrogens (primary N) is 2. The summed E-state index contributed by atoms with van der Waals surface area (Å²) in [7, 11) is 0. The highest BCUT2D eigenvalue weighted by Gasteiger charge is 2.26. The van der Waals surface area contributed by atoms with E-state index < -0.39 is 0 Å². The predicted molar refractivity (Wildman–Crippen MR) is 119 cm³/mol. The lowest BCUT2D eigenvalue weighted by Gasteiger charge is -2.29. The van der Waals surface area contributed by atoms with Gasteiger partial charge in [0.1, 0.15) is 12.9 Å². The molecule has 0 unspecified atom stereocenters. The van der Waals surface area contributed by atoms with Gasteiger partial charge in [0.2, 0.25) is 0 Å². The third kappa shape index (κ3) is 22.5. The fourth-order valence-corrected chi connectivity index (χ4v) is 2.38. The number of ether oxygens (including phenoxy) is 8. The molecule has 0 heterocycles. The quantitative estimate of drug-likeness (QED) is 0.116. The molecule has 0 aliphatic carbocycles. The summed E-state index contributed by atoms with van der Waals surface area (Å²) in [6.45, 7) is 10.2. The molecule has 0 bridgehead atoms. The monoisotopic (exact) mass is 468 g/mol. The maximum absolute atomic E-state index is 10.3. The summed E-state index contributed by atoms with van der Waals surface area (Å²) in [4.78, 5) is 10.3. The standard InChI is InChI=1S/C21H44N2O9/c1-21(18-30-15-12-27-7-4-24,19-31-16-13-28-10-8-25-5-2-22)20-32-17-14-29-11-9-26-6-3-23/h4H,2-3,5-20,22-23H2,1H3. The van der Waals surface area contributed by atoms with Crippen LogP contribution in [-0.4, -0.2) is 125 Å². The first-order valence-corrected chi connectivity index (χ1v) is 11.1. The van der Waals surface area contributed by atoms with Crippen LogP contribution in [0.2, 0.25) is 0 Å². The van der Waals surface area contributed by atoms with Crippen LogP contribution >= 0.6 is 0 Å². The third-order valence-corrected chi connectivity index (χ3v) is 3.92. The Labute approximate surface area is 192 Å². The molecule has 0 atom stereocenters. The summed E-state index contributed by atoms with van der Waals surface area (Å²) < 4.78 is 43.7. The molecular weight excluding hydrogens is 424 g/mol. The van der Waals surface area contributed by atoms with E-state index in [9.17, 15) is 4.79 Å². The van der Waals surface area contributed by atoms with Crippen molar-refractivity contribution < 1.29 is 42.7 Å². The zero-order chi connectivity index (χ0) is 23.6. The van der Waals surface area contributed by atoms with E-state index in [2.05, 4.69) is 0 Å². The maximum atomic E-state index is 10.3. The van der Waals surface area contributed by atoms with Gasteiger partial charge in [0.25, 0.3) is 0 Å². The van der Waals surface area contributed by atoms with Crippen LogP contribution in [0.4, 0.5) is 0 Å². The van der Waals surface area contributed by atoms with Gasteiger partial charge in [-0.1, -0.05) is 6.92 Å². The summed E-state index contributed by atoms with van der Waals surface area (Å²) in [6, 6.07) is 0. The smallest absolute Gasteiger partial charge is 0.145 e. The first-order chi connectivity index (χ1) is 15.7. The van der Waals surface area contributed by atoms with Crippen molar-refractivity contribution in [1.82, 2.24) is 0 Å². The molecule has 0 rings (SSSR count). The Balaban J connectivity index is 4.01. The summed E-state index contributed by atoms with van der Waals surface area (Å²) >= 11 is 0. The van der Waals surface area contributed by atoms with Gasteiger partial charge < -0.3 is 54.2 Å². The van der Waals surface area contributed by atoms with Crippen molar-refractivity contribution in [2.24, 2.45) is 16.9 Å². The Bertz CT molecular complexity index is 370. The lowest BCUT2D eigenvalue weighted by atomic mass is 9.94. The number of rotatable bonds is 27. The van der Waals surface area contributed by atoms with E-state index in [1.807, 2.05) is 6.92 Å². The van der Waals surface area contributed by atoms with E-state index in [0.717, 1.165) is 0 Å². The molecule has 0 aliphatic heterocycles. The summed E-state index contributed by atoms with van der Waals surface area (Å²) in [5.41, 5.74) is 10.4. The van der Waals surface area contributed by atoms with Gasteiger partial charge in [0.05, 0.1) is 99.1 Å². The first kappa shape index (κ1) is 31.3. The number of hydrogen-bond acceptors (Lipinski definition) is 11. The molecule has 11 heteroatoms. The Morgan fingerprint density at radius 3 is 1.19 bits per heavy atom. The van der Waals surface area contributed by atoms with E-state index in [0.29, 0.717) is 118 Å². The van der Waals surface area contributed by atoms with Crippen LogP contribution in [0.5, 0.6) is 0 Å². The van der Waals surface area contributed by atoms with Crippen molar-refractivity contribution >= 4 is 6.29 Å².